The summed E-state index contributed by atoms with van der Waals surface area (Å²) in [5, 5.41) is 0.202. The van der Waals surface area contributed by atoms with Crippen LogP contribution in [-0.2, 0) is 8.85 Å². The number of rotatable bonds is 10. The molecule has 0 rings (SSSR count). The highest BCUT2D eigenvalue weighted by molar-refractivity contribution is 6.69. The Hall–Kier alpha value is 0.137. The van der Waals surface area contributed by atoms with Crippen molar-refractivity contribution >= 4 is 8.56 Å². The summed E-state index contributed by atoms with van der Waals surface area (Å²) in [7, 11) is -2.06. The van der Waals surface area contributed by atoms with Gasteiger partial charge in [0.15, 0.2) is 0 Å². The van der Waals surface area contributed by atoms with Crippen LogP contribution < -0.4 is 0 Å². The molecule has 0 N–H and O–H groups in total. The van der Waals surface area contributed by atoms with E-state index in [1.54, 1.807) is 0 Å². The lowest BCUT2D eigenvalue weighted by atomic mass is 10.1. The van der Waals surface area contributed by atoms with E-state index in [4.69, 9.17) is 8.85 Å². The van der Waals surface area contributed by atoms with Crippen LogP contribution in [0.3, 0.4) is 0 Å². The summed E-state index contributed by atoms with van der Waals surface area (Å²) >= 11 is 0. The highest BCUT2D eigenvalue weighted by Crippen LogP contribution is 2.43. The van der Waals surface area contributed by atoms with Crippen molar-refractivity contribution in [2.24, 2.45) is 0 Å². The number of hydrogen-bond acceptors (Lipinski definition) is 2. The molecule has 0 saturated carbocycles. The molecule has 3 heteroatoms. The van der Waals surface area contributed by atoms with Crippen LogP contribution in [0.15, 0.2) is 0 Å². The molecule has 0 bridgehead atoms. The van der Waals surface area contributed by atoms with Gasteiger partial charge in [0.1, 0.15) is 0 Å². The van der Waals surface area contributed by atoms with E-state index >= 15 is 0 Å². The minimum atomic E-state index is -2.06. The monoisotopic (exact) mass is 260 g/mol. The fourth-order valence-electron chi connectivity index (χ4n) is 1.87. The molecular formula is C14H32O2Si. The van der Waals surface area contributed by atoms with E-state index in [0.717, 1.165) is 26.1 Å². The van der Waals surface area contributed by atoms with Gasteiger partial charge in [0, 0.05) is 18.3 Å². The molecule has 0 heterocycles. The second kappa shape index (κ2) is 8.28. The highest BCUT2D eigenvalue weighted by Gasteiger charge is 2.47. The zero-order valence-electron chi connectivity index (χ0n) is 12.8. The Balaban J connectivity index is 4.60. The lowest BCUT2D eigenvalue weighted by Crippen LogP contribution is -2.49. The third-order valence-corrected chi connectivity index (χ3v) is 7.77. The van der Waals surface area contributed by atoms with Gasteiger partial charge < -0.3 is 8.85 Å². The summed E-state index contributed by atoms with van der Waals surface area (Å²) in [6.45, 7) is 15.1. The Kier molecular flexibility index (Phi) is 8.34. The van der Waals surface area contributed by atoms with Crippen LogP contribution in [0.1, 0.15) is 66.7 Å². The van der Waals surface area contributed by atoms with Crippen molar-refractivity contribution in [2.45, 2.75) is 78.3 Å². The van der Waals surface area contributed by atoms with E-state index in [9.17, 15) is 0 Å². The molecular weight excluding hydrogens is 228 g/mol. The molecule has 0 aromatic rings. The van der Waals surface area contributed by atoms with Crippen molar-refractivity contribution in [1.82, 2.24) is 0 Å². The molecule has 0 aliphatic rings. The molecule has 0 aliphatic carbocycles. The zero-order valence-corrected chi connectivity index (χ0v) is 13.8. The molecule has 0 unspecified atom stereocenters. The van der Waals surface area contributed by atoms with Gasteiger partial charge in [-0.05, 0) is 25.8 Å². The fourth-order valence-corrected chi connectivity index (χ4v) is 4.55. The molecule has 0 aromatic heterocycles. The maximum absolute atomic E-state index is 6.16. The van der Waals surface area contributed by atoms with E-state index < -0.39 is 8.56 Å². The topological polar surface area (TPSA) is 18.5 Å². The van der Waals surface area contributed by atoms with Gasteiger partial charge in [0.05, 0.1) is 0 Å². The third-order valence-electron chi connectivity index (χ3n) is 3.55. The fraction of sp³-hybridized carbons (Fsp3) is 1.00. The molecule has 0 fully saturated rings. The standard InChI is InChI=1S/C14H32O2Si/c1-7-10-11-14(4,5)17(6,15-12-8-2)16-13-9-3/h7-13H2,1-6H3. The van der Waals surface area contributed by atoms with Gasteiger partial charge in [-0.15, -0.1) is 0 Å². The normalized spacial score (nSPS) is 13.1. The Bertz CT molecular complexity index is 185. The summed E-state index contributed by atoms with van der Waals surface area (Å²) < 4.78 is 12.3. The molecule has 0 spiro atoms. The summed E-state index contributed by atoms with van der Waals surface area (Å²) in [4.78, 5) is 0. The Labute approximate surface area is 109 Å². The van der Waals surface area contributed by atoms with E-state index in [-0.39, 0.29) is 5.04 Å². The minimum Gasteiger partial charge on any atom is -0.394 e. The Morgan fingerprint density at radius 3 is 1.71 bits per heavy atom. The largest absolute Gasteiger partial charge is 0.394 e. The second-order valence-corrected chi connectivity index (χ2v) is 9.45. The first-order valence-corrected chi connectivity index (χ1v) is 9.53. The van der Waals surface area contributed by atoms with Gasteiger partial charge in [-0.1, -0.05) is 47.5 Å². The van der Waals surface area contributed by atoms with E-state index in [0.29, 0.717) is 0 Å². The maximum Gasteiger partial charge on any atom is 0.340 e. The van der Waals surface area contributed by atoms with Gasteiger partial charge in [0.2, 0.25) is 0 Å². The van der Waals surface area contributed by atoms with Crippen molar-refractivity contribution in [3.05, 3.63) is 0 Å². The van der Waals surface area contributed by atoms with Gasteiger partial charge in [0.25, 0.3) is 0 Å². The van der Waals surface area contributed by atoms with E-state index in [2.05, 4.69) is 41.2 Å². The zero-order chi connectivity index (χ0) is 13.4. The average Bonchev–Trinajstić information content (AvgIpc) is 2.31. The lowest BCUT2D eigenvalue weighted by molar-refractivity contribution is 0.147. The average molecular weight is 260 g/mol. The molecule has 0 amide bonds. The van der Waals surface area contributed by atoms with Crippen molar-refractivity contribution < 1.29 is 8.85 Å². The molecule has 0 saturated heterocycles. The predicted octanol–water partition coefficient (Wildman–Crippen LogP) is 4.88. The van der Waals surface area contributed by atoms with Crippen LogP contribution in [0.4, 0.5) is 0 Å². The molecule has 0 atom stereocenters. The first kappa shape index (κ1) is 17.1. The second-order valence-electron chi connectivity index (χ2n) is 5.63. The van der Waals surface area contributed by atoms with Crippen LogP contribution in [0, 0.1) is 0 Å². The predicted molar refractivity (Wildman–Crippen MR) is 77.7 cm³/mol. The molecule has 2 nitrogen and oxygen atoms in total. The van der Waals surface area contributed by atoms with Crippen molar-refractivity contribution in [3.8, 4) is 0 Å². The highest BCUT2D eigenvalue weighted by atomic mass is 28.4. The van der Waals surface area contributed by atoms with E-state index in [1.165, 1.54) is 19.3 Å². The molecule has 104 valence electrons. The van der Waals surface area contributed by atoms with Gasteiger partial charge in [-0.25, -0.2) is 0 Å². The number of hydrogen-bond donors (Lipinski definition) is 0. The summed E-state index contributed by atoms with van der Waals surface area (Å²) in [6, 6.07) is 0. The van der Waals surface area contributed by atoms with Gasteiger partial charge in [-0.2, -0.15) is 0 Å². The van der Waals surface area contributed by atoms with Crippen LogP contribution in [0.5, 0.6) is 0 Å². The molecule has 0 aromatic carbocycles. The van der Waals surface area contributed by atoms with Crippen molar-refractivity contribution in [1.29, 1.82) is 0 Å². The van der Waals surface area contributed by atoms with Crippen LogP contribution in [0.25, 0.3) is 0 Å². The van der Waals surface area contributed by atoms with Crippen LogP contribution in [0.2, 0.25) is 11.6 Å². The number of unbranched alkanes of at least 4 members (excludes halogenated alkanes) is 1. The van der Waals surface area contributed by atoms with Crippen molar-refractivity contribution in [3.63, 3.8) is 0 Å². The van der Waals surface area contributed by atoms with Gasteiger partial charge >= 0.3 is 8.56 Å². The summed E-state index contributed by atoms with van der Waals surface area (Å²) in [5.74, 6) is 0. The lowest BCUT2D eigenvalue weighted by Gasteiger charge is -2.40. The first-order chi connectivity index (χ1) is 7.93. The third kappa shape index (κ3) is 5.54. The Morgan fingerprint density at radius 2 is 1.35 bits per heavy atom. The minimum absolute atomic E-state index is 0.202. The quantitative estimate of drug-likeness (QED) is 0.521. The Morgan fingerprint density at radius 1 is 0.882 bits per heavy atom. The smallest absolute Gasteiger partial charge is 0.340 e. The molecule has 17 heavy (non-hydrogen) atoms. The van der Waals surface area contributed by atoms with E-state index in [1.807, 2.05) is 0 Å². The van der Waals surface area contributed by atoms with Gasteiger partial charge in [-0.3, -0.25) is 0 Å². The maximum atomic E-state index is 6.16. The SMILES string of the molecule is CCCCC(C)(C)[Si](C)(OCCC)OCCC. The molecule has 0 aliphatic heterocycles. The molecule has 0 radical (unpaired) electrons. The summed E-state index contributed by atoms with van der Waals surface area (Å²) in [5.41, 5.74) is 0. The van der Waals surface area contributed by atoms with Crippen LogP contribution in [-0.4, -0.2) is 21.8 Å². The summed E-state index contributed by atoms with van der Waals surface area (Å²) in [6.07, 6.45) is 5.86. The van der Waals surface area contributed by atoms with Crippen molar-refractivity contribution in [2.75, 3.05) is 13.2 Å². The first-order valence-electron chi connectivity index (χ1n) is 7.21. The van der Waals surface area contributed by atoms with Crippen LogP contribution >= 0.6 is 0 Å².